The Labute approximate surface area is 136 Å². The Morgan fingerprint density at radius 3 is 2.54 bits per heavy atom. The number of anilines is 2. The lowest BCUT2D eigenvalue weighted by Gasteiger charge is -2.17. The van der Waals surface area contributed by atoms with E-state index in [1.54, 1.807) is 6.07 Å². The summed E-state index contributed by atoms with van der Waals surface area (Å²) >= 11 is 0. The van der Waals surface area contributed by atoms with E-state index >= 15 is 0 Å². The monoisotopic (exact) mass is 330 g/mol. The standard InChI is InChI=1S/C17H16F2N4O/c18-10-1-2-13(12(19)5-10)21-14-7-16-15(22-17(24)23-16)6-11(14)9-3-4-20-8-9/h1-2,5-7,9,20-21H,3-4,8H2,(H2,22,23,24). The van der Waals surface area contributed by atoms with Crippen LogP contribution in [-0.4, -0.2) is 23.1 Å². The third kappa shape index (κ3) is 2.67. The third-order valence-electron chi connectivity index (χ3n) is 4.39. The molecule has 0 radical (unpaired) electrons. The zero-order valence-electron chi connectivity index (χ0n) is 12.7. The molecular formula is C17H16F2N4O. The van der Waals surface area contributed by atoms with Crippen LogP contribution in [0.4, 0.5) is 20.2 Å². The summed E-state index contributed by atoms with van der Waals surface area (Å²) in [6, 6.07) is 7.11. The van der Waals surface area contributed by atoms with Gasteiger partial charge in [-0.2, -0.15) is 0 Å². The molecule has 1 aliphatic heterocycles. The molecule has 4 N–H and O–H groups in total. The Bertz CT molecular complexity index is 957. The highest BCUT2D eigenvalue weighted by atomic mass is 19.1. The maximum absolute atomic E-state index is 14.0. The van der Waals surface area contributed by atoms with E-state index in [4.69, 9.17) is 0 Å². The highest BCUT2D eigenvalue weighted by molar-refractivity contribution is 5.83. The third-order valence-corrected chi connectivity index (χ3v) is 4.39. The van der Waals surface area contributed by atoms with Gasteiger partial charge in [0.1, 0.15) is 11.6 Å². The van der Waals surface area contributed by atoms with Gasteiger partial charge in [-0.15, -0.1) is 0 Å². The van der Waals surface area contributed by atoms with Crippen molar-refractivity contribution in [2.24, 2.45) is 0 Å². The zero-order valence-corrected chi connectivity index (χ0v) is 12.7. The fourth-order valence-corrected chi connectivity index (χ4v) is 3.20. The molecule has 1 fully saturated rings. The van der Waals surface area contributed by atoms with Crippen LogP contribution in [0.5, 0.6) is 0 Å². The second-order valence-electron chi connectivity index (χ2n) is 6.00. The number of fused-ring (bicyclic) bond motifs is 1. The normalized spacial score (nSPS) is 17.5. The fourth-order valence-electron chi connectivity index (χ4n) is 3.20. The first-order valence-corrected chi connectivity index (χ1v) is 7.79. The highest BCUT2D eigenvalue weighted by Crippen LogP contribution is 2.34. The Balaban J connectivity index is 1.81. The van der Waals surface area contributed by atoms with Gasteiger partial charge in [-0.1, -0.05) is 0 Å². The van der Waals surface area contributed by atoms with E-state index in [9.17, 15) is 13.6 Å². The van der Waals surface area contributed by atoms with E-state index in [1.807, 2.05) is 6.07 Å². The van der Waals surface area contributed by atoms with Crippen molar-refractivity contribution in [2.45, 2.75) is 12.3 Å². The molecule has 1 aromatic heterocycles. The predicted octanol–water partition coefficient (Wildman–Crippen LogP) is 2.95. The van der Waals surface area contributed by atoms with Crippen LogP contribution >= 0.6 is 0 Å². The quantitative estimate of drug-likeness (QED) is 0.597. The van der Waals surface area contributed by atoms with Crippen molar-refractivity contribution < 1.29 is 8.78 Å². The van der Waals surface area contributed by atoms with Crippen LogP contribution in [0, 0.1) is 11.6 Å². The van der Waals surface area contributed by atoms with Gasteiger partial charge in [-0.05, 0) is 48.7 Å². The molecule has 1 saturated heterocycles. The van der Waals surface area contributed by atoms with Gasteiger partial charge in [0.05, 0.1) is 16.7 Å². The molecule has 1 aliphatic rings. The number of nitrogens with one attached hydrogen (secondary N) is 4. The summed E-state index contributed by atoms with van der Waals surface area (Å²) in [5, 5.41) is 6.34. The van der Waals surface area contributed by atoms with Crippen LogP contribution in [-0.2, 0) is 0 Å². The lowest BCUT2D eigenvalue weighted by atomic mass is 9.95. The van der Waals surface area contributed by atoms with Gasteiger partial charge in [0.2, 0.25) is 0 Å². The van der Waals surface area contributed by atoms with Crippen molar-refractivity contribution in [1.82, 2.24) is 15.3 Å². The van der Waals surface area contributed by atoms with Gasteiger partial charge in [0, 0.05) is 18.3 Å². The molecule has 0 saturated carbocycles. The maximum atomic E-state index is 14.0. The number of halogens is 2. The van der Waals surface area contributed by atoms with Crippen LogP contribution in [0.1, 0.15) is 17.9 Å². The van der Waals surface area contributed by atoms with Crippen molar-refractivity contribution in [1.29, 1.82) is 0 Å². The summed E-state index contributed by atoms with van der Waals surface area (Å²) in [5.74, 6) is -1.02. The SMILES string of the molecule is O=c1[nH]c2cc(Nc3ccc(F)cc3F)c(C3CCNC3)cc2[nH]1. The minimum atomic E-state index is -0.659. The Morgan fingerprint density at radius 1 is 1.04 bits per heavy atom. The number of benzene rings is 2. The van der Waals surface area contributed by atoms with E-state index in [2.05, 4.69) is 20.6 Å². The smallest absolute Gasteiger partial charge is 0.323 e. The molecule has 0 spiro atoms. The van der Waals surface area contributed by atoms with Crippen molar-refractivity contribution in [3.05, 3.63) is 58.0 Å². The van der Waals surface area contributed by atoms with E-state index < -0.39 is 11.6 Å². The van der Waals surface area contributed by atoms with Crippen LogP contribution in [0.2, 0.25) is 0 Å². The van der Waals surface area contributed by atoms with Crippen LogP contribution in [0.25, 0.3) is 11.0 Å². The Morgan fingerprint density at radius 2 is 1.83 bits per heavy atom. The van der Waals surface area contributed by atoms with Crippen LogP contribution < -0.4 is 16.3 Å². The molecule has 2 heterocycles. The van der Waals surface area contributed by atoms with Gasteiger partial charge in [-0.25, -0.2) is 13.6 Å². The second-order valence-corrected chi connectivity index (χ2v) is 6.00. The summed E-state index contributed by atoms with van der Waals surface area (Å²) in [6.45, 7) is 1.73. The van der Waals surface area contributed by atoms with Crippen molar-refractivity contribution in [3.8, 4) is 0 Å². The van der Waals surface area contributed by atoms with E-state index in [1.165, 1.54) is 12.1 Å². The summed E-state index contributed by atoms with van der Waals surface area (Å²) < 4.78 is 27.1. The first-order chi connectivity index (χ1) is 11.6. The topological polar surface area (TPSA) is 72.7 Å². The molecule has 0 aliphatic carbocycles. The van der Waals surface area contributed by atoms with Gasteiger partial charge in [0.25, 0.3) is 0 Å². The molecule has 4 rings (SSSR count). The lowest BCUT2D eigenvalue weighted by Crippen LogP contribution is -2.09. The van der Waals surface area contributed by atoms with Crippen molar-refractivity contribution in [2.75, 3.05) is 18.4 Å². The number of H-pyrrole nitrogens is 2. The van der Waals surface area contributed by atoms with E-state index in [-0.39, 0.29) is 17.3 Å². The first kappa shape index (κ1) is 14.9. The van der Waals surface area contributed by atoms with Gasteiger partial charge in [0.15, 0.2) is 0 Å². The minimum absolute atomic E-state index is 0.195. The Hall–Kier alpha value is -2.67. The molecule has 2 aromatic carbocycles. The van der Waals surface area contributed by atoms with Crippen LogP contribution in [0.3, 0.4) is 0 Å². The largest absolute Gasteiger partial charge is 0.353 e. The molecule has 3 aromatic rings. The number of hydrogen-bond acceptors (Lipinski definition) is 3. The van der Waals surface area contributed by atoms with Crippen molar-refractivity contribution >= 4 is 22.4 Å². The number of hydrogen-bond donors (Lipinski definition) is 4. The summed E-state index contributed by atoms with van der Waals surface area (Å²) in [6.07, 6.45) is 0.959. The maximum Gasteiger partial charge on any atom is 0.323 e. The molecule has 0 bridgehead atoms. The Kier molecular flexibility index (Phi) is 3.57. The van der Waals surface area contributed by atoms with Crippen molar-refractivity contribution in [3.63, 3.8) is 0 Å². The number of imidazole rings is 1. The molecule has 0 amide bonds. The molecule has 5 nitrogen and oxygen atoms in total. The highest BCUT2D eigenvalue weighted by Gasteiger charge is 2.21. The average molecular weight is 330 g/mol. The molecule has 7 heteroatoms. The molecule has 1 unspecified atom stereocenters. The molecular weight excluding hydrogens is 314 g/mol. The van der Waals surface area contributed by atoms with E-state index in [0.717, 1.165) is 31.1 Å². The molecule has 1 atom stereocenters. The zero-order chi connectivity index (χ0) is 16.7. The first-order valence-electron chi connectivity index (χ1n) is 7.79. The van der Waals surface area contributed by atoms with Gasteiger partial charge < -0.3 is 20.6 Å². The minimum Gasteiger partial charge on any atom is -0.353 e. The molecule has 24 heavy (non-hydrogen) atoms. The number of rotatable bonds is 3. The average Bonchev–Trinajstić information content (AvgIpc) is 3.17. The lowest BCUT2D eigenvalue weighted by molar-refractivity contribution is 0.586. The summed E-state index contributed by atoms with van der Waals surface area (Å²) in [5.41, 5.74) is 2.96. The van der Waals surface area contributed by atoms with Gasteiger partial charge in [-0.3, -0.25) is 0 Å². The second kappa shape index (κ2) is 5.76. The summed E-state index contributed by atoms with van der Waals surface area (Å²) in [7, 11) is 0. The number of aromatic amines is 2. The number of aromatic nitrogens is 2. The predicted molar refractivity (Wildman–Crippen MR) is 88.8 cm³/mol. The van der Waals surface area contributed by atoms with Crippen LogP contribution in [0.15, 0.2) is 35.1 Å². The molecule has 124 valence electrons. The van der Waals surface area contributed by atoms with E-state index in [0.29, 0.717) is 16.7 Å². The van der Waals surface area contributed by atoms with Gasteiger partial charge >= 0.3 is 5.69 Å². The summed E-state index contributed by atoms with van der Waals surface area (Å²) in [4.78, 5) is 17.0. The fraction of sp³-hybridized carbons (Fsp3) is 0.235.